The van der Waals surface area contributed by atoms with Crippen molar-refractivity contribution in [3.8, 4) is 0 Å². The van der Waals surface area contributed by atoms with Crippen LogP contribution in [0.4, 0.5) is 0 Å². The van der Waals surface area contributed by atoms with Crippen LogP contribution in [0, 0.1) is 20.8 Å². The van der Waals surface area contributed by atoms with Gasteiger partial charge < -0.3 is 9.88 Å². The van der Waals surface area contributed by atoms with Gasteiger partial charge in [0, 0.05) is 18.0 Å². The van der Waals surface area contributed by atoms with E-state index in [2.05, 4.69) is 9.97 Å². The molecule has 1 N–H and O–H groups in total. The molecule has 0 spiro atoms. The van der Waals surface area contributed by atoms with Crippen LogP contribution >= 0.6 is 11.3 Å². The van der Waals surface area contributed by atoms with Crippen molar-refractivity contribution in [1.82, 2.24) is 14.9 Å². The Hall–Kier alpha value is -2.73. The molecule has 3 aromatic rings. The number of hydrogen-bond donors (Lipinski definition) is 1. The number of aryl methyl sites for hydroxylation is 3. The van der Waals surface area contributed by atoms with E-state index in [-0.39, 0.29) is 11.5 Å². The topological polar surface area (TPSA) is 66.1 Å². The van der Waals surface area contributed by atoms with Gasteiger partial charge in [0.25, 0.3) is 11.5 Å². The lowest BCUT2D eigenvalue weighted by atomic mass is 10.1. The molecule has 0 atom stereocenters. The summed E-state index contributed by atoms with van der Waals surface area (Å²) in [5, 5.41) is 0.620. The third-order valence-corrected chi connectivity index (χ3v) is 6.37. The number of fused-ring (bicyclic) bond motifs is 1. The quantitative estimate of drug-likeness (QED) is 0.682. The molecule has 144 valence electrons. The second-order valence-electron chi connectivity index (χ2n) is 7.35. The van der Waals surface area contributed by atoms with E-state index in [1.165, 1.54) is 11.3 Å². The van der Waals surface area contributed by atoms with Gasteiger partial charge in [0.2, 0.25) is 0 Å². The fraction of sp³-hybridized carbons (Fsp3) is 0.318. The van der Waals surface area contributed by atoms with Crippen LogP contribution in [0.3, 0.4) is 0 Å². The number of thiophene rings is 1. The molecule has 4 rings (SSSR count). The van der Waals surface area contributed by atoms with Crippen LogP contribution in [0.25, 0.3) is 21.9 Å². The van der Waals surface area contributed by atoms with Crippen molar-refractivity contribution in [2.75, 3.05) is 13.1 Å². The van der Waals surface area contributed by atoms with Crippen LogP contribution in [0.5, 0.6) is 0 Å². The number of nitrogens with zero attached hydrogens (tertiary/aromatic N) is 2. The number of nitrogens with one attached hydrogen (secondary N) is 1. The number of carbonyl (C=O) groups excluding carboxylic acids is 1. The molecule has 0 bridgehead atoms. The Labute approximate surface area is 167 Å². The number of likely N-dealkylation sites (tertiary alicyclic amines) is 1. The standard InChI is InChI=1S/C22H23N3O2S/c1-13-7-6-8-16(11-13)12-17(22(27)25-9-4-5-10-25)19-23-20(26)18-14(2)15(3)28-21(18)24-19/h6-8,11-12H,4-5,9-10H2,1-3H3,(H,23,24,26)/b17-12+. The van der Waals surface area contributed by atoms with E-state index in [0.29, 0.717) is 21.6 Å². The van der Waals surface area contributed by atoms with Crippen LogP contribution < -0.4 is 5.56 Å². The van der Waals surface area contributed by atoms with Gasteiger partial charge in [-0.25, -0.2) is 4.98 Å². The van der Waals surface area contributed by atoms with Crippen LogP contribution in [0.1, 0.15) is 40.2 Å². The maximum absolute atomic E-state index is 13.3. The van der Waals surface area contributed by atoms with E-state index in [1.54, 1.807) is 0 Å². The van der Waals surface area contributed by atoms with Gasteiger partial charge in [0.1, 0.15) is 10.7 Å². The van der Waals surface area contributed by atoms with Crippen molar-refractivity contribution >= 4 is 39.1 Å². The Morgan fingerprint density at radius 1 is 1.21 bits per heavy atom. The highest BCUT2D eigenvalue weighted by Crippen LogP contribution is 2.28. The Morgan fingerprint density at radius 3 is 2.68 bits per heavy atom. The number of rotatable bonds is 3. The van der Waals surface area contributed by atoms with Crippen LogP contribution in [0.15, 0.2) is 29.1 Å². The number of aromatic nitrogens is 2. The summed E-state index contributed by atoms with van der Waals surface area (Å²) in [5.74, 6) is 0.267. The minimum absolute atomic E-state index is 0.0773. The van der Waals surface area contributed by atoms with E-state index in [0.717, 1.165) is 47.5 Å². The summed E-state index contributed by atoms with van der Waals surface area (Å²) in [6, 6.07) is 7.96. The third kappa shape index (κ3) is 3.40. The normalized spacial score (nSPS) is 14.8. The number of benzene rings is 1. The molecule has 1 fully saturated rings. The van der Waals surface area contributed by atoms with Gasteiger partial charge in [0.05, 0.1) is 11.0 Å². The van der Waals surface area contributed by atoms with Gasteiger partial charge in [-0.3, -0.25) is 9.59 Å². The first kappa shape index (κ1) is 18.6. The number of amides is 1. The number of H-pyrrole nitrogens is 1. The first-order chi connectivity index (χ1) is 13.4. The molecule has 3 heterocycles. The zero-order chi connectivity index (χ0) is 19.8. The summed E-state index contributed by atoms with van der Waals surface area (Å²) in [5.41, 5.74) is 3.24. The van der Waals surface area contributed by atoms with E-state index in [4.69, 9.17) is 0 Å². The molecule has 1 aromatic carbocycles. The van der Waals surface area contributed by atoms with Crippen LogP contribution in [0.2, 0.25) is 0 Å². The second kappa shape index (κ2) is 7.36. The lowest BCUT2D eigenvalue weighted by molar-refractivity contribution is -0.123. The summed E-state index contributed by atoms with van der Waals surface area (Å²) >= 11 is 1.49. The summed E-state index contributed by atoms with van der Waals surface area (Å²) in [6.45, 7) is 7.42. The van der Waals surface area contributed by atoms with Crippen molar-refractivity contribution in [2.24, 2.45) is 0 Å². The highest BCUT2D eigenvalue weighted by Gasteiger charge is 2.25. The zero-order valence-corrected chi connectivity index (χ0v) is 17.2. The molecule has 5 nitrogen and oxygen atoms in total. The molecule has 1 aliphatic heterocycles. The van der Waals surface area contributed by atoms with E-state index in [1.807, 2.05) is 56.0 Å². The molecule has 6 heteroatoms. The van der Waals surface area contributed by atoms with E-state index in [9.17, 15) is 9.59 Å². The van der Waals surface area contributed by atoms with Gasteiger partial charge in [-0.15, -0.1) is 11.3 Å². The lowest BCUT2D eigenvalue weighted by Gasteiger charge is -2.17. The molecule has 1 amide bonds. The predicted octanol–water partition coefficient (Wildman–Crippen LogP) is 4.07. The molecule has 0 aliphatic carbocycles. The lowest BCUT2D eigenvalue weighted by Crippen LogP contribution is -2.29. The first-order valence-electron chi connectivity index (χ1n) is 9.52. The predicted molar refractivity (Wildman–Crippen MR) is 115 cm³/mol. The molecule has 28 heavy (non-hydrogen) atoms. The summed E-state index contributed by atoms with van der Waals surface area (Å²) in [4.78, 5) is 37.1. The molecule has 1 aliphatic rings. The first-order valence-corrected chi connectivity index (χ1v) is 10.3. The van der Waals surface area contributed by atoms with Crippen molar-refractivity contribution in [1.29, 1.82) is 0 Å². The van der Waals surface area contributed by atoms with Crippen molar-refractivity contribution < 1.29 is 4.79 Å². The smallest absolute Gasteiger partial charge is 0.260 e. The van der Waals surface area contributed by atoms with E-state index >= 15 is 0 Å². The Morgan fingerprint density at radius 2 is 1.96 bits per heavy atom. The molecular formula is C22H23N3O2S. The minimum atomic E-state index is -0.189. The fourth-order valence-electron chi connectivity index (χ4n) is 3.63. The minimum Gasteiger partial charge on any atom is -0.339 e. The largest absolute Gasteiger partial charge is 0.339 e. The zero-order valence-electron chi connectivity index (χ0n) is 16.3. The molecule has 1 saturated heterocycles. The average molecular weight is 394 g/mol. The monoisotopic (exact) mass is 393 g/mol. The van der Waals surface area contributed by atoms with E-state index < -0.39 is 0 Å². The van der Waals surface area contributed by atoms with Crippen LogP contribution in [-0.2, 0) is 4.79 Å². The van der Waals surface area contributed by atoms with Crippen LogP contribution in [-0.4, -0.2) is 33.9 Å². The Bertz CT molecular complexity index is 1150. The SMILES string of the molecule is Cc1cccc(/C=C(/C(=O)N2CCCC2)c2nc3sc(C)c(C)c3c(=O)[nH]2)c1. The van der Waals surface area contributed by atoms with Crippen molar-refractivity contribution in [3.05, 3.63) is 62.0 Å². The van der Waals surface area contributed by atoms with Gasteiger partial charge in [-0.2, -0.15) is 0 Å². The summed E-state index contributed by atoms with van der Waals surface area (Å²) in [7, 11) is 0. The van der Waals surface area contributed by atoms with Gasteiger partial charge >= 0.3 is 0 Å². The maximum atomic E-state index is 13.3. The van der Waals surface area contributed by atoms with Gasteiger partial charge in [0.15, 0.2) is 0 Å². The fourth-order valence-corrected chi connectivity index (χ4v) is 4.66. The number of aromatic amines is 1. The molecule has 0 unspecified atom stereocenters. The highest BCUT2D eigenvalue weighted by molar-refractivity contribution is 7.18. The molecule has 0 radical (unpaired) electrons. The number of hydrogen-bond acceptors (Lipinski definition) is 4. The summed E-state index contributed by atoms with van der Waals surface area (Å²) < 4.78 is 0. The Balaban J connectivity index is 1.89. The molecule has 0 saturated carbocycles. The second-order valence-corrected chi connectivity index (χ2v) is 8.55. The van der Waals surface area contributed by atoms with Gasteiger partial charge in [-0.1, -0.05) is 29.8 Å². The third-order valence-electron chi connectivity index (χ3n) is 5.27. The number of carbonyl (C=O) groups is 1. The van der Waals surface area contributed by atoms with Crippen molar-refractivity contribution in [3.63, 3.8) is 0 Å². The van der Waals surface area contributed by atoms with Crippen molar-refractivity contribution in [2.45, 2.75) is 33.6 Å². The molecule has 2 aromatic heterocycles. The maximum Gasteiger partial charge on any atom is 0.260 e. The summed E-state index contributed by atoms with van der Waals surface area (Å²) in [6.07, 6.45) is 3.86. The average Bonchev–Trinajstić information content (AvgIpc) is 3.28. The highest BCUT2D eigenvalue weighted by atomic mass is 32.1. The Kier molecular flexibility index (Phi) is 4.89. The van der Waals surface area contributed by atoms with Gasteiger partial charge in [-0.05, 0) is 50.8 Å². The molecular weight excluding hydrogens is 370 g/mol.